The van der Waals surface area contributed by atoms with Crippen LogP contribution in [0.3, 0.4) is 0 Å². The fraction of sp³-hybridized carbons (Fsp3) is 0.190. The van der Waals surface area contributed by atoms with Gasteiger partial charge < -0.3 is 15.0 Å². The van der Waals surface area contributed by atoms with E-state index in [2.05, 4.69) is 26.3 Å². The lowest BCUT2D eigenvalue weighted by atomic mass is 10.1. The van der Waals surface area contributed by atoms with E-state index < -0.39 is 0 Å². The van der Waals surface area contributed by atoms with Gasteiger partial charge in [-0.1, -0.05) is 6.07 Å². The second kappa shape index (κ2) is 8.59. The van der Waals surface area contributed by atoms with Gasteiger partial charge in [0, 0.05) is 41.1 Å². The molecule has 0 atom stereocenters. The maximum Gasteiger partial charge on any atom is 0.254 e. The second-order valence-corrected chi connectivity index (χ2v) is 7.40. The summed E-state index contributed by atoms with van der Waals surface area (Å²) in [6.45, 7) is 2.40. The van der Waals surface area contributed by atoms with Crippen LogP contribution in [-0.2, 0) is 4.74 Å². The van der Waals surface area contributed by atoms with Crippen LogP contribution >= 0.6 is 15.9 Å². The van der Waals surface area contributed by atoms with Gasteiger partial charge in [0.05, 0.1) is 24.5 Å². The predicted octanol–water partition coefficient (Wildman–Crippen LogP) is 3.66. The molecule has 2 aromatic carbocycles. The van der Waals surface area contributed by atoms with Crippen molar-refractivity contribution in [3.05, 3.63) is 70.3 Å². The summed E-state index contributed by atoms with van der Waals surface area (Å²) < 4.78 is 7.66. The van der Waals surface area contributed by atoms with Gasteiger partial charge in [0.25, 0.3) is 5.91 Å². The predicted molar refractivity (Wildman–Crippen MR) is 113 cm³/mol. The third-order valence-electron chi connectivity index (χ3n) is 4.69. The summed E-state index contributed by atoms with van der Waals surface area (Å²) in [5.74, 6) is 0.647. The van der Waals surface area contributed by atoms with Gasteiger partial charge in [-0.05, 0) is 52.3 Å². The van der Waals surface area contributed by atoms with Crippen molar-refractivity contribution in [3.8, 4) is 5.69 Å². The van der Waals surface area contributed by atoms with E-state index in [1.807, 2.05) is 36.4 Å². The zero-order chi connectivity index (χ0) is 20.2. The summed E-state index contributed by atoms with van der Waals surface area (Å²) in [5, 5.41) is 7.71. The molecular weight excluding hydrogens is 436 g/mol. The van der Waals surface area contributed by atoms with E-state index in [0.29, 0.717) is 48.9 Å². The SMILES string of the molecule is O=Cc1c(Br)cccc1-n1ccc(Nc2ccc(C(=O)N3CCOCC3)cc2)n1. The number of benzene rings is 2. The minimum atomic E-state index is 0.0141. The first-order valence-corrected chi connectivity index (χ1v) is 9.99. The third kappa shape index (κ3) is 4.23. The van der Waals surface area contributed by atoms with Gasteiger partial charge in [-0.25, -0.2) is 4.68 Å². The molecule has 2 heterocycles. The van der Waals surface area contributed by atoms with Crippen molar-refractivity contribution in [2.24, 2.45) is 0 Å². The average Bonchev–Trinajstić information content (AvgIpc) is 3.22. The molecule has 0 spiro atoms. The van der Waals surface area contributed by atoms with Crippen LogP contribution < -0.4 is 5.32 Å². The normalized spacial score (nSPS) is 13.9. The molecule has 1 amide bonds. The number of hydrogen-bond acceptors (Lipinski definition) is 5. The highest BCUT2D eigenvalue weighted by atomic mass is 79.9. The molecule has 148 valence electrons. The fourth-order valence-corrected chi connectivity index (χ4v) is 3.61. The number of aldehydes is 1. The van der Waals surface area contributed by atoms with Crippen LogP contribution in [0.1, 0.15) is 20.7 Å². The molecule has 4 rings (SSSR count). The Bertz CT molecular complexity index is 1030. The minimum absolute atomic E-state index is 0.0141. The molecule has 1 saturated heterocycles. The number of halogens is 1. The molecule has 29 heavy (non-hydrogen) atoms. The maximum atomic E-state index is 12.5. The number of nitrogens with one attached hydrogen (secondary N) is 1. The Morgan fingerprint density at radius 1 is 1.10 bits per heavy atom. The highest BCUT2D eigenvalue weighted by Gasteiger charge is 2.18. The largest absolute Gasteiger partial charge is 0.378 e. The Morgan fingerprint density at radius 2 is 1.86 bits per heavy atom. The number of hydrogen-bond donors (Lipinski definition) is 1. The van der Waals surface area contributed by atoms with Crippen molar-refractivity contribution in [2.45, 2.75) is 0 Å². The van der Waals surface area contributed by atoms with E-state index >= 15 is 0 Å². The van der Waals surface area contributed by atoms with Gasteiger partial charge in [-0.2, -0.15) is 5.10 Å². The van der Waals surface area contributed by atoms with Crippen molar-refractivity contribution in [1.29, 1.82) is 0 Å². The molecule has 8 heteroatoms. The molecule has 7 nitrogen and oxygen atoms in total. The van der Waals surface area contributed by atoms with Crippen LogP contribution in [0.25, 0.3) is 5.69 Å². The molecule has 1 aliphatic rings. The Balaban J connectivity index is 1.47. The maximum absolute atomic E-state index is 12.5. The molecule has 1 fully saturated rings. The van der Waals surface area contributed by atoms with Gasteiger partial charge in [0.2, 0.25) is 0 Å². The van der Waals surface area contributed by atoms with E-state index in [0.717, 1.165) is 16.4 Å². The van der Waals surface area contributed by atoms with E-state index in [1.165, 1.54) is 0 Å². The van der Waals surface area contributed by atoms with Crippen LogP contribution in [0.15, 0.2) is 59.2 Å². The molecule has 1 N–H and O–H groups in total. The summed E-state index contributed by atoms with van der Waals surface area (Å²) in [5.41, 5.74) is 2.69. The lowest BCUT2D eigenvalue weighted by molar-refractivity contribution is 0.0303. The first-order chi connectivity index (χ1) is 14.2. The highest BCUT2D eigenvalue weighted by molar-refractivity contribution is 9.10. The van der Waals surface area contributed by atoms with Crippen LogP contribution in [-0.4, -0.2) is 53.2 Å². The monoisotopic (exact) mass is 454 g/mol. The molecule has 0 saturated carbocycles. The Kier molecular flexibility index (Phi) is 5.73. The van der Waals surface area contributed by atoms with E-state index in [4.69, 9.17) is 4.74 Å². The van der Waals surface area contributed by atoms with Crippen molar-refractivity contribution >= 4 is 39.6 Å². The summed E-state index contributed by atoms with van der Waals surface area (Å²) >= 11 is 3.39. The van der Waals surface area contributed by atoms with Crippen molar-refractivity contribution in [1.82, 2.24) is 14.7 Å². The number of nitrogens with zero attached hydrogens (tertiary/aromatic N) is 3. The molecule has 1 aliphatic heterocycles. The van der Waals surface area contributed by atoms with Gasteiger partial charge >= 0.3 is 0 Å². The Morgan fingerprint density at radius 3 is 2.59 bits per heavy atom. The number of aromatic nitrogens is 2. The average molecular weight is 455 g/mol. The molecule has 0 radical (unpaired) electrons. The molecule has 0 bridgehead atoms. The Hall–Kier alpha value is -2.97. The van der Waals surface area contributed by atoms with Crippen molar-refractivity contribution < 1.29 is 14.3 Å². The van der Waals surface area contributed by atoms with Gasteiger partial charge in [-0.3, -0.25) is 9.59 Å². The molecule has 1 aromatic heterocycles. The molecule has 3 aromatic rings. The molecule has 0 unspecified atom stereocenters. The van der Waals surface area contributed by atoms with Gasteiger partial charge in [0.15, 0.2) is 12.1 Å². The Labute approximate surface area is 176 Å². The number of carbonyl (C=O) groups excluding carboxylic acids is 2. The summed E-state index contributed by atoms with van der Waals surface area (Å²) in [6.07, 6.45) is 2.59. The first kappa shape index (κ1) is 19.4. The quantitative estimate of drug-likeness (QED) is 0.595. The van der Waals surface area contributed by atoms with Gasteiger partial charge in [0.1, 0.15) is 0 Å². The van der Waals surface area contributed by atoms with E-state index in [1.54, 1.807) is 27.9 Å². The standard InChI is InChI=1S/C21H19BrN4O3/c22-18-2-1-3-19(17(18)14-27)26-9-8-20(24-26)23-16-6-4-15(5-7-16)21(28)25-10-12-29-13-11-25/h1-9,14H,10-13H2,(H,23,24). The van der Waals surface area contributed by atoms with Crippen molar-refractivity contribution in [3.63, 3.8) is 0 Å². The lowest BCUT2D eigenvalue weighted by Gasteiger charge is -2.26. The van der Waals surface area contributed by atoms with Gasteiger partial charge in [-0.15, -0.1) is 0 Å². The van der Waals surface area contributed by atoms with Crippen LogP contribution in [0.2, 0.25) is 0 Å². The van der Waals surface area contributed by atoms with E-state index in [-0.39, 0.29) is 5.91 Å². The third-order valence-corrected chi connectivity index (χ3v) is 5.38. The van der Waals surface area contributed by atoms with Crippen LogP contribution in [0, 0.1) is 0 Å². The van der Waals surface area contributed by atoms with Crippen molar-refractivity contribution in [2.75, 3.05) is 31.6 Å². The number of ether oxygens (including phenoxy) is 1. The molecular formula is C21H19BrN4O3. The summed E-state index contributed by atoms with van der Waals surface area (Å²) in [6, 6.07) is 14.6. The van der Waals surface area contributed by atoms with E-state index in [9.17, 15) is 9.59 Å². The zero-order valence-electron chi connectivity index (χ0n) is 15.5. The summed E-state index contributed by atoms with van der Waals surface area (Å²) in [7, 11) is 0. The topological polar surface area (TPSA) is 76.5 Å². The molecule has 0 aliphatic carbocycles. The lowest BCUT2D eigenvalue weighted by Crippen LogP contribution is -2.40. The number of amides is 1. The number of anilines is 2. The number of rotatable bonds is 5. The second-order valence-electron chi connectivity index (χ2n) is 6.54. The number of morpholine rings is 1. The highest BCUT2D eigenvalue weighted by Crippen LogP contribution is 2.23. The first-order valence-electron chi connectivity index (χ1n) is 9.19. The zero-order valence-corrected chi connectivity index (χ0v) is 17.1. The minimum Gasteiger partial charge on any atom is -0.378 e. The smallest absolute Gasteiger partial charge is 0.254 e. The number of carbonyl (C=O) groups is 2. The van der Waals surface area contributed by atoms with Crippen LogP contribution in [0.4, 0.5) is 11.5 Å². The van der Waals surface area contributed by atoms with Crippen LogP contribution in [0.5, 0.6) is 0 Å². The summed E-state index contributed by atoms with van der Waals surface area (Å²) in [4.78, 5) is 25.7. The fourth-order valence-electron chi connectivity index (χ4n) is 3.16.